The van der Waals surface area contributed by atoms with Crippen LogP contribution in [0.2, 0.25) is 0 Å². The number of amides is 1. The minimum absolute atomic E-state index is 0.0644. The number of terminal acetylenes is 1. The molecule has 1 heterocycles. The van der Waals surface area contributed by atoms with Crippen LogP contribution >= 0.6 is 11.3 Å². The van der Waals surface area contributed by atoms with Crippen LogP contribution in [0, 0.1) is 18.3 Å². The van der Waals surface area contributed by atoms with Gasteiger partial charge in [-0.05, 0) is 38.0 Å². The number of carbonyl (C=O) groups is 2. The lowest BCUT2D eigenvalue weighted by atomic mass is 10.2. The zero-order chi connectivity index (χ0) is 16.4. The van der Waals surface area contributed by atoms with Crippen molar-refractivity contribution in [3.8, 4) is 12.3 Å². The summed E-state index contributed by atoms with van der Waals surface area (Å²) in [6.45, 7) is 2.42. The van der Waals surface area contributed by atoms with E-state index in [0.29, 0.717) is 23.5 Å². The Bertz CT molecular complexity index is 881. The first kappa shape index (κ1) is 15.5. The predicted octanol–water partition coefficient (Wildman–Crippen LogP) is 2.35. The average molecular weight is 328 g/mol. The standard InChI is InChI=1S/C17H16N2O3S/c1-3-9-19-13-8-7-12(16(21)22-4-2)10-14(13)23-17(19)18-15(20)11-5-6-11/h1,7-8,10-11H,4-6,9H2,2H3. The summed E-state index contributed by atoms with van der Waals surface area (Å²) >= 11 is 1.36. The number of hydrogen-bond acceptors (Lipinski definition) is 4. The molecule has 5 nitrogen and oxygen atoms in total. The van der Waals surface area contributed by atoms with Crippen LogP contribution in [0.1, 0.15) is 30.1 Å². The number of thiazole rings is 1. The highest BCUT2D eigenvalue weighted by Crippen LogP contribution is 2.30. The number of rotatable bonds is 4. The third-order valence-electron chi connectivity index (χ3n) is 3.58. The van der Waals surface area contributed by atoms with Crippen LogP contribution in [0.3, 0.4) is 0 Å². The van der Waals surface area contributed by atoms with Crippen LogP contribution in [0.15, 0.2) is 23.2 Å². The molecular weight excluding hydrogens is 312 g/mol. The zero-order valence-corrected chi connectivity index (χ0v) is 13.6. The molecule has 0 aliphatic heterocycles. The highest BCUT2D eigenvalue weighted by Gasteiger charge is 2.29. The molecule has 0 bridgehead atoms. The summed E-state index contributed by atoms with van der Waals surface area (Å²) < 4.78 is 7.70. The normalized spacial score (nSPS) is 14.7. The van der Waals surface area contributed by atoms with E-state index in [9.17, 15) is 9.59 Å². The third-order valence-corrected chi connectivity index (χ3v) is 4.62. The first-order valence-electron chi connectivity index (χ1n) is 7.46. The summed E-state index contributed by atoms with van der Waals surface area (Å²) in [4.78, 5) is 28.6. The summed E-state index contributed by atoms with van der Waals surface area (Å²) in [6, 6.07) is 5.27. The molecule has 6 heteroatoms. The van der Waals surface area contributed by atoms with Gasteiger partial charge >= 0.3 is 5.97 Å². The fraction of sp³-hybridized carbons (Fsp3) is 0.353. The minimum atomic E-state index is -0.362. The minimum Gasteiger partial charge on any atom is -0.462 e. The monoisotopic (exact) mass is 328 g/mol. The molecule has 2 aromatic rings. The Hall–Kier alpha value is -2.39. The molecule has 1 fully saturated rings. The SMILES string of the molecule is C#CCn1c(=NC(=O)C2CC2)sc2cc(C(=O)OCC)ccc21. The predicted molar refractivity (Wildman–Crippen MR) is 87.9 cm³/mol. The number of esters is 1. The molecule has 118 valence electrons. The van der Waals surface area contributed by atoms with Gasteiger partial charge in [0.05, 0.1) is 28.9 Å². The molecule has 1 aromatic carbocycles. The molecule has 3 rings (SSSR count). The second-order valence-corrected chi connectivity index (χ2v) is 6.31. The number of benzene rings is 1. The summed E-state index contributed by atoms with van der Waals surface area (Å²) in [7, 11) is 0. The van der Waals surface area contributed by atoms with E-state index in [1.807, 2.05) is 10.6 Å². The number of nitrogens with zero attached hydrogens (tertiary/aromatic N) is 2. The number of carbonyl (C=O) groups excluding carboxylic acids is 2. The Labute approximate surface area is 137 Å². The Morgan fingerprint density at radius 2 is 2.26 bits per heavy atom. The van der Waals surface area contributed by atoms with E-state index >= 15 is 0 Å². The molecular formula is C17H16N2O3S. The van der Waals surface area contributed by atoms with Gasteiger partial charge in [0.2, 0.25) is 0 Å². The van der Waals surface area contributed by atoms with Gasteiger partial charge < -0.3 is 9.30 Å². The number of ether oxygens (including phenoxy) is 1. The van der Waals surface area contributed by atoms with Crippen molar-refractivity contribution in [1.82, 2.24) is 4.57 Å². The van der Waals surface area contributed by atoms with Gasteiger partial charge in [-0.25, -0.2) is 4.79 Å². The summed E-state index contributed by atoms with van der Waals surface area (Å²) in [5.41, 5.74) is 1.34. The van der Waals surface area contributed by atoms with Gasteiger partial charge in [0, 0.05) is 5.92 Å². The van der Waals surface area contributed by atoms with E-state index in [1.165, 1.54) is 11.3 Å². The molecule has 1 aliphatic carbocycles. The van der Waals surface area contributed by atoms with Crippen molar-refractivity contribution in [3.05, 3.63) is 28.6 Å². The maximum absolute atomic E-state index is 12.0. The van der Waals surface area contributed by atoms with Gasteiger partial charge in [-0.2, -0.15) is 4.99 Å². The second kappa shape index (κ2) is 6.39. The topological polar surface area (TPSA) is 60.7 Å². The van der Waals surface area contributed by atoms with E-state index in [0.717, 1.165) is 23.1 Å². The van der Waals surface area contributed by atoms with Gasteiger partial charge in [0.25, 0.3) is 5.91 Å². The molecule has 0 radical (unpaired) electrons. The Kier molecular flexibility index (Phi) is 4.30. The first-order valence-corrected chi connectivity index (χ1v) is 8.28. The summed E-state index contributed by atoms with van der Waals surface area (Å²) in [6.07, 6.45) is 7.26. The van der Waals surface area contributed by atoms with Gasteiger partial charge in [0.15, 0.2) is 4.80 Å². The largest absolute Gasteiger partial charge is 0.462 e. The van der Waals surface area contributed by atoms with Crippen LogP contribution in [0.25, 0.3) is 10.2 Å². The van der Waals surface area contributed by atoms with E-state index in [2.05, 4.69) is 10.9 Å². The summed E-state index contributed by atoms with van der Waals surface area (Å²) in [5, 5.41) is 0. The van der Waals surface area contributed by atoms with Crippen molar-refractivity contribution in [2.45, 2.75) is 26.3 Å². The van der Waals surface area contributed by atoms with E-state index in [4.69, 9.17) is 11.2 Å². The smallest absolute Gasteiger partial charge is 0.338 e. The molecule has 1 aliphatic rings. The molecule has 0 spiro atoms. The fourth-order valence-corrected chi connectivity index (χ4v) is 3.33. The molecule has 23 heavy (non-hydrogen) atoms. The number of hydrogen-bond donors (Lipinski definition) is 0. The van der Waals surface area contributed by atoms with E-state index < -0.39 is 0 Å². The third kappa shape index (κ3) is 3.20. The Morgan fingerprint density at radius 1 is 1.48 bits per heavy atom. The van der Waals surface area contributed by atoms with Crippen molar-refractivity contribution in [1.29, 1.82) is 0 Å². The number of fused-ring (bicyclic) bond motifs is 1. The summed E-state index contributed by atoms with van der Waals surface area (Å²) in [5.74, 6) is 2.20. The quantitative estimate of drug-likeness (QED) is 0.639. The Morgan fingerprint density at radius 3 is 2.91 bits per heavy atom. The second-order valence-electron chi connectivity index (χ2n) is 5.30. The molecule has 0 N–H and O–H groups in total. The van der Waals surface area contributed by atoms with Crippen LogP contribution in [0.4, 0.5) is 0 Å². The zero-order valence-electron chi connectivity index (χ0n) is 12.7. The molecule has 1 aromatic heterocycles. The first-order chi connectivity index (χ1) is 11.1. The van der Waals surface area contributed by atoms with Crippen LogP contribution in [-0.2, 0) is 16.1 Å². The molecule has 0 atom stereocenters. The molecule has 0 saturated heterocycles. The van der Waals surface area contributed by atoms with Crippen LogP contribution in [0.5, 0.6) is 0 Å². The number of aromatic nitrogens is 1. The van der Waals surface area contributed by atoms with E-state index in [1.54, 1.807) is 19.1 Å². The van der Waals surface area contributed by atoms with E-state index in [-0.39, 0.29) is 17.8 Å². The lowest BCUT2D eigenvalue weighted by Gasteiger charge is -2.03. The van der Waals surface area contributed by atoms with Crippen molar-refractivity contribution in [2.24, 2.45) is 10.9 Å². The molecule has 1 amide bonds. The lowest BCUT2D eigenvalue weighted by Crippen LogP contribution is -2.16. The van der Waals surface area contributed by atoms with Gasteiger partial charge in [0.1, 0.15) is 0 Å². The fourth-order valence-electron chi connectivity index (χ4n) is 2.26. The maximum Gasteiger partial charge on any atom is 0.338 e. The molecule has 1 saturated carbocycles. The van der Waals surface area contributed by atoms with Crippen LogP contribution < -0.4 is 4.80 Å². The van der Waals surface area contributed by atoms with Crippen molar-refractivity contribution in [3.63, 3.8) is 0 Å². The average Bonchev–Trinajstić information content (AvgIpc) is 3.33. The van der Waals surface area contributed by atoms with Gasteiger partial charge in [-0.15, -0.1) is 6.42 Å². The molecule has 0 unspecified atom stereocenters. The Balaban J connectivity index is 2.09. The van der Waals surface area contributed by atoms with Crippen molar-refractivity contribution in [2.75, 3.05) is 6.61 Å². The van der Waals surface area contributed by atoms with Crippen molar-refractivity contribution >= 4 is 33.4 Å². The highest BCUT2D eigenvalue weighted by molar-refractivity contribution is 7.16. The lowest BCUT2D eigenvalue weighted by molar-refractivity contribution is -0.119. The maximum atomic E-state index is 12.0. The van der Waals surface area contributed by atoms with Crippen LogP contribution in [-0.4, -0.2) is 23.1 Å². The van der Waals surface area contributed by atoms with Gasteiger partial charge in [-0.1, -0.05) is 17.3 Å². The van der Waals surface area contributed by atoms with Gasteiger partial charge in [-0.3, -0.25) is 4.79 Å². The highest BCUT2D eigenvalue weighted by atomic mass is 32.1. The van der Waals surface area contributed by atoms with Crippen molar-refractivity contribution < 1.29 is 14.3 Å².